The number of aromatic nitrogens is 4. The van der Waals surface area contributed by atoms with E-state index < -0.39 is 0 Å². The summed E-state index contributed by atoms with van der Waals surface area (Å²) in [6.07, 6.45) is 4.76. The minimum atomic E-state index is 0.481. The van der Waals surface area contributed by atoms with E-state index in [0.29, 0.717) is 11.7 Å². The molecule has 2 aromatic heterocycles. The molecule has 0 aliphatic rings. The van der Waals surface area contributed by atoms with Crippen molar-refractivity contribution in [1.29, 1.82) is 0 Å². The Morgan fingerprint density at radius 1 is 0.950 bits per heavy atom. The van der Waals surface area contributed by atoms with E-state index in [0.717, 1.165) is 16.8 Å². The van der Waals surface area contributed by atoms with Gasteiger partial charge in [-0.25, -0.2) is 9.97 Å². The molecule has 1 aromatic carbocycles. The van der Waals surface area contributed by atoms with Crippen LogP contribution in [0.5, 0.6) is 0 Å². The van der Waals surface area contributed by atoms with Gasteiger partial charge < -0.3 is 9.42 Å². The van der Waals surface area contributed by atoms with Crippen molar-refractivity contribution in [1.82, 2.24) is 20.1 Å². The Labute approximate surface area is 116 Å². The summed E-state index contributed by atoms with van der Waals surface area (Å²) < 4.78 is 5.28. The summed E-state index contributed by atoms with van der Waals surface area (Å²) in [4.78, 5) is 14.3. The number of rotatable bonds is 3. The van der Waals surface area contributed by atoms with Crippen LogP contribution in [-0.4, -0.2) is 34.2 Å². The van der Waals surface area contributed by atoms with Gasteiger partial charge in [-0.2, -0.15) is 4.98 Å². The van der Waals surface area contributed by atoms with Crippen molar-refractivity contribution >= 4 is 5.69 Å². The van der Waals surface area contributed by atoms with E-state index in [1.165, 1.54) is 6.33 Å². The second-order valence-electron chi connectivity index (χ2n) is 4.49. The summed E-state index contributed by atoms with van der Waals surface area (Å²) in [6, 6.07) is 7.91. The third-order valence-electron chi connectivity index (χ3n) is 2.88. The summed E-state index contributed by atoms with van der Waals surface area (Å²) in [5.41, 5.74) is 2.73. The molecule has 0 saturated heterocycles. The molecule has 0 fully saturated rings. The average Bonchev–Trinajstić information content (AvgIpc) is 2.98. The smallest absolute Gasteiger partial charge is 0.258 e. The van der Waals surface area contributed by atoms with Crippen molar-refractivity contribution in [2.24, 2.45) is 0 Å². The first-order valence-corrected chi connectivity index (χ1v) is 6.11. The molecule has 0 aliphatic carbocycles. The highest BCUT2D eigenvalue weighted by atomic mass is 16.5. The summed E-state index contributed by atoms with van der Waals surface area (Å²) >= 11 is 0. The Morgan fingerprint density at radius 3 is 2.30 bits per heavy atom. The SMILES string of the molecule is CN(C)c1ccc(-c2nc(-c3cncnc3)no2)cc1. The number of nitrogens with zero attached hydrogens (tertiary/aromatic N) is 5. The molecule has 3 aromatic rings. The maximum Gasteiger partial charge on any atom is 0.258 e. The third kappa shape index (κ3) is 2.35. The molecule has 20 heavy (non-hydrogen) atoms. The van der Waals surface area contributed by atoms with Gasteiger partial charge in [-0.15, -0.1) is 0 Å². The van der Waals surface area contributed by atoms with Crippen LogP contribution in [0.15, 0.2) is 47.5 Å². The van der Waals surface area contributed by atoms with Gasteiger partial charge in [0.15, 0.2) is 0 Å². The zero-order valence-electron chi connectivity index (χ0n) is 11.2. The first-order valence-electron chi connectivity index (χ1n) is 6.11. The highest BCUT2D eigenvalue weighted by Gasteiger charge is 2.10. The predicted molar refractivity (Wildman–Crippen MR) is 75.1 cm³/mol. The van der Waals surface area contributed by atoms with Gasteiger partial charge in [0.05, 0.1) is 5.56 Å². The van der Waals surface area contributed by atoms with Crippen molar-refractivity contribution in [2.45, 2.75) is 0 Å². The molecule has 0 amide bonds. The van der Waals surface area contributed by atoms with Crippen LogP contribution in [0.25, 0.3) is 22.8 Å². The van der Waals surface area contributed by atoms with Crippen molar-refractivity contribution in [2.75, 3.05) is 19.0 Å². The summed E-state index contributed by atoms with van der Waals surface area (Å²) in [7, 11) is 3.99. The van der Waals surface area contributed by atoms with E-state index in [2.05, 4.69) is 20.1 Å². The maximum absolute atomic E-state index is 5.28. The highest BCUT2D eigenvalue weighted by molar-refractivity contribution is 5.61. The van der Waals surface area contributed by atoms with E-state index >= 15 is 0 Å². The topological polar surface area (TPSA) is 67.9 Å². The lowest BCUT2D eigenvalue weighted by molar-refractivity contribution is 0.432. The Balaban J connectivity index is 1.90. The predicted octanol–water partition coefficient (Wildman–Crippen LogP) is 2.26. The van der Waals surface area contributed by atoms with Gasteiger partial charge in [-0.1, -0.05) is 5.16 Å². The first kappa shape index (κ1) is 12.3. The lowest BCUT2D eigenvalue weighted by atomic mass is 10.2. The van der Waals surface area contributed by atoms with E-state index in [-0.39, 0.29) is 0 Å². The molecular formula is C14H13N5O. The molecule has 0 spiro atoms. The van der Waals surface area contributed by atoms with Crippen LogP contribution in [0.2, 0.25) is 0 Å². The fourth-order valence-electron chi connectivity index (χ4n) is 1.77. The number of hydrogen-bond donors (Lipinski definition) is 0. The summed E-state index contributed by atoms with van der Waals surface area (Å²) in [5.74, 6) is 0.964. The van der Waals surface area contributed by atoms with Gasteiger partial charge in [0.2, 0.25) is 5.82 Å². The van der Waals surface area contributed by atoms with Crippen molar-refractivity contribution in [3.05, 3.63) is 43.0 Å². The highest BCUT2D eigenvalue weighted by Crippen LogP contribution is 2.23. The Kier molecular flexibility index (Phi) is 3.12. The Morgan fingerprint density at radius 2 is 1.65 bits per heavy atom. The fourth-order valence-corrected chi connectivity index (χ4v) is 1.77. The molecule has 0 saturated carbocycles. The zero-order valence-corrected chi connectivity index (χ0v) is 11.2. The van der Waals surface area contributed by atoms with Gasteiger partial charge in [0.25, 0.3) is 5.89 Å². The van der Waals surface area contributed by atoms with Crippen LogP contribution in [0.4, 0.5) is 5.69 Å². The molecule has 6 nitrogen and oxygen atoms in total. The molecule has 3 rings (SSSR count). The van der Waals surface area contributed by atoms with E-state index in [9.17, 15) is 0 Å². The van der Waals surface area contributed by atoms with Crippen LogP contribution in [-0.2, 0) is 0 Å². The maximum atomic E-state index is 5.28. The number of hydrogen-bond acceptors (Lipinski definition) is 6. The van der Waals surface area contributed by atoms with Crippen molar-refractivity contribution in [3.8, 4) is 22.8 Å². The molecule has 100 valence electrons. The molecule has 0 unspecified atom stereocenters. The van der Waals surface area contributed by atoms with Crippen LogP contribution < -0.4 is 4.90 Å². The molecule has 0 bridgehead atoms. The van der Waals surface area contributed by atoms with Gasteiger partial charge in [-0.05, 0) is 24.3 Å². The normalized spacial score (nSPS) is 10.5. The largest absolute Gasteiger partial charge is 0.378 e. The van der Waals surface area contributed by atoms with E-state index in [1.807, 2.05) is 43.3 Å². The fraction of sp³-hybridized carbons (Fsp3) is 0.143. The molecule has 2 heterocycles. The average molecular weight is 267 g/mol. The van der Waals surface area contributed by atoms with Crippen LogP contribution >= 0.6 is 0 Å². The quantitative estimate of drug-likeness (QED) is 0.725. The lowest BCUT2D eigenvalue weighted by Crippen LogP contribution is -2.07. The van der Waals surface area contributed by atoms with E-state index in [4.69, 9.17) is 4.52 Å². The van der Waals surface area contributed by atoms with Crippen molar-refractivity contribution in [3.63, 3.8) is 0 Å². The second-order valence-corrected chi connectivity index (χ2v) is 4.49. The monoisotopic (exact) mass is 267 g/mol. The molecule has 0 N–H and O–H groups in total. The standard InChI is InChI=1S/C14H13N5O/c1-19(2)12-5-3-10(4-6-12)14-17-13(18-20-14)11-7-15-9-16-8-11/h3-9H,1-2H3. The van der Waals surface area contributed by atoms with Crippen LogP contribution in [0, 0.1) is 0 Å². The van der Waals surface area contributed by atoms with Gasteiger partial charge in [0, 0.05) is 37.7 Å². The van der Waals surface area contributed by atoms with Crippen LogP contribution in [0.1, 0.15) is 0 Å². The second kappa shape index (κ2) is 5.08. The first-order chi connectivity index (χ1) is 9.74. The zero-order chi connectivity index (χ0) is 13.9. The summed E-state index contributed by atoms with van der Waals surface area (Å²) in [6.45, 7) is 0. The number of benzene rings is 1. The van der Waals surface area contributed by atoms with Gasteiger partial charge in [-0.3, -0.25) is 0 Å². The van der Waals surface area contributed by atoms with Gasteiger partial charge in [0.1, 0.15) is 6.33 Å². The lowest BCUT2D eigenvalue weighted by Gasteiger charge is -2.11. The van der Waals surface area contributed by atoms with E-state index in [1.54, 1.807) is 12.4 Å². The molecule has 0 aliphatic heterocycles. The Bertz CT molecular complexity index is 691. The molecule has 0 radical (unpaired) electrons. The molecular weight excluding hydrogens is 254 g/mol. The Hall–Kier alpha value is -2.76. The third-order valence-corrected chi connectivity index (χ3v) is 2.88. The van der Waals surface area contributed by atoms with Gasteiger partial charge >= 0.3 is 0 Å². The van der Waals surface area contributed by atoms with Crippen molar-refractivity contribution < 1.29 is 4.52 Å². The minimum Gasteiger partial charge on any atom is -0.378 e. The van der Waals surface area contributed by atoms with Crippen LogP contribution in [0.3, 0.4) is 0 Å². The minimum absolute atomic E-state index is 0.481. The molecule has 0 atom stereocenters. The summed E-state index contributed by atoms with van der Waals surface area (Å²) in [5, 5.41) is 3.94. The molecule has 6 heteroatoms. The number of anilines is 1.